The van der Waals surface area contributed by atoms with Gasteiger partial charge in [-0.3, -0.25) is 4.57 Å². The van der Waals surface area contributed by atoms with Crippen LogP contribution in [0.4, 0.5) is 4.39 Å². The molecule has 0 fully saturated rings. The van der Waals surface area contributed by atoms with Crippen molar-refractivity contribution in [2.45, 2.75) is 6.42 Å². The van der Waals surface area contributed by atoms with E-state index in [1.807, 2.05) is 16.7 Å². The maximum Gasteiger partial charge on any atom is 0.151 e. The van der Waals surface area contributed by atoms with Gasteiger partial charge in [-0.05, 0) is 30.3 Å². The molecule has 104 valence electrons. The van der Waals surface area contributed by atoms with Gasteiger partial charge in [0.15, 0.2) is 5.82 Å². The van der Waals surface area contributed by atoms with Crippen LogP contribution in [0.25, 0.3) is 16.7 Å². The molecule has 0 spiro atoms. The van der Waals surface area contributed by atoms with Crippen molar-refractivity contribution in [3.8, 4) is 11.8 Å². The Labute approximate surface area is 126 Å². The Balaban J connectivity index is 2.31. The summed E-state index contributed by atoms with van der Waals surface area (Å²) in [6.45, 7) is 0. The Morgan fingerprint density at radius 3 is 2.81 bits per heavy atom. The number of nitriles is 1. The number of para-hydroxylation sites is 1. The van der Waals surface area contributed by atoms with E-state index in [9.17, 15) is 4.39 Å². The lowest BCUT2D eigenvalue weighted by Crippen LogP contribution is -2.02. The van der Waals surface area contributed by atoms with E-state index < -0.39 is 0 Å². The Bertz CT molecular complexity index is 848. The molecular weight excluding hydrogens is 289 g/mol. The third-order valence-electron chi connectivity index (χ3n) is 3.26. The molecule has 0 aliphatic carbocycles. The fraction of sp³-hybridized carbons (Fsp3) is 0.125. The zero-order valence-corrected chi connectivity index (χ0v) is 11.8. The maximum absolute atomic E-state index is 13.9. The number of alkyl halides is 1. The molecule has 0 amide bonds. The highest BCUT2D eigenvalue weighted by Crippen LogP contribution is 2.24. The van der Waals surface area contributed by atoms with Gasteiger partial charge >= 0.3 is 0 Å². The molecule has 0 aliphatic heterocycles. The van der Waals surface area contributed by atoms with Crippen molar-refractivity contribution in [1.29, 1.82) is 5.26 Å². The zero-order valence-electron chi connectivity index (χ0n) is 11.1. The number of hydrogen-bond donors (Lipinski definition) is 0. The molecule has 0 atom stereocenters. The van der Waals surface area contributed by atoms with Gasteiger partial charge < -0.3 is 0 Å². The Kier molecular flexibility index (Phi) is 3.59. The molecule has 2 aromatic carbocycles. The van der Waals surface area contributed by atoms with E-state index in [4.69, 9.17) is 16.9 Å². The summed E-state index contributed by atoms with van der Waals surface area (Å²) < 4.78 is 15.8. The van der Waals surface area contributed by atoms with Gasteiger partial charge in [-0.25, -0.2) is 9.37 Å². The molecule has 0 bridgehead atoms. The predicted octanol–water partition coefficient (Wildman–Crippen LogP) is 3.82. The van der Waals surface area contributed by atoms with Crippen molar-refractivity contribution in [1.82, 2.24) is 9.55 Å². The van der Waals surface area contributed by atoms with Gasteiger partial charge in [-0.15, -0.1) is 11.6 Å². The Morgan fingerprint density at radius 1 is 1.24 bits per heavy atom. The first kappa shape index (κ1) is 13.6. The average molecular weight is 300 g/mol. The first-order chi connectivity index (χ1) is 10.2. The molecule has 3 nitrogen and oxygen atoms in total. The SMILES string of the molecule is N#Cc1cccc(-n2c(CCCl)nc3c(F)cccc32)c1. The van der Waals surface area contributed by atoms with Crippen molar-refractivity contribution >= 4 is 22.6 Å². The second-order valence-electron chi connectivity index (χ2n) is 4.57. The summed E-state index contributed by atoms with van der Waals surface area (Å²) in [5.41, 5.74) is 2.31. The summed E-state index contributed by atoms with van der Waals surface area (Å²) in [5.74, 6) is 0.710. The van der Waals surface area contributed by atoms with Crippen molar-refractivity contribution in [2.24, 2.45) is 0 Å². The second-order valence-corrected chi connectivity index (χ2v) is 4.95. The molecule has 3 aromatic rings. The van der Waals surface area contributed by atoms with Crippen molar-refractivity contribution in [3.63, 3.8) is 0 Å². The molecule has 3 rings (SSSR count). The number of aryl methyl sites for hydroxylation is 1. The topological polar surface area (TPSA) is 41.6 Å². The van der Waals surface area contributed by atoms with Crippen molar-refractivity contribution in [2.75, 3.05) is 5.88 Å². The Hall–Kier alpha value is -2.38. The summed E-state index contributed by atoms with van der Waals surface area (Å²) in [5, 5.41) is 9.03. The van der Waals surface area contributed by atoms with Gasteiger partial charge in [0.2, 0.25) is 0 Å². The number of fused-ring (bicyclic) bond motifs is 1. The lowest BCUT2D eigenvalue weighted by Gasteiger charge is -2.08. The van der Waals surface area contributed by atoms with E-state index in [-0.39, 0.29) is 5.82 Å². The monoisotopic (exact) mass is 299 g/mol. The van der Waals surface area contributed by atoms with Crippen LogP contribution in [0, 0.1) is 17.1 Å². The molecular formula is C16H11ClFN3. The Morgan fingerprint density at radius 2 is 2.05 bits per heavy atom. The van der Waals surface area contributed by atoms with Crippen LogP contribution >= 0.6 is 11.6 Å². The molecule has 0 N–H and O–H groups in total. The molecule has 0 radical (unpaired) electrons. The first-order valence-corrected chi connectivity index (χ1v) is 7.00. The minimum Gasteiger partial charge on any atom is -0.296 e. The van der Waals surface area contributed by atoms with Gasteiger partial charge in [0.05, 0.1) is 17.1 Å². The molecule has 21 heavy (non-hydrogen) atoms. The van der Waals surface area contributed by atoms with E-state index in [1.165, 1.54) is 6.07 Å². The van der Waals surface area contributed by atoms with E-state index in [0.717, 1.165) is 5.69 Å². The van der Waals surface area contributed by atoms with Crippen LogP contribution in [0.3, 0.4) is 0 Å². The molecule has 0 unspecified atom stereocenters. The number of hydrogen-bond acceptors (Lipinski definition) is 2. The fourth-order valence-electron chi connectivity index (χ4n) is 2.37. The summed E-state index contributed by atoms with van der Waals surface area (Å²) in [7, 11) is 0. The second kappa shape index (κ2) is 5.55. The van der Waals surface area contributed by atoms with Crippen LogP contribution in [-0.4, -0.2) is 15.4 Å². The van der Waals surface area contributed by atoms with E-state index >= 15 is 0 Å². The molecule has 0 saturated heterocycles. The van der Waals surface area contributed by atoms with Crippen molar-refractivity contribution in [3.05, 3.63) is 59.7 Å². The zero-order chi connectivity index (χ0) is 14.8. The van der Waals surface area contributed by atoms with Crippen molar-refractivity contribution < 1.29 is 4.39 Å². The van der Waals surface area contributed by atoms with Gasteiger partial charge in [-0.1, -0.05) is 12.1 Å². The summed E-state index contributed by atoms with van der Waals surface area (Å²) >= 11 is 5.82. The molecule has 1 heterocycles. The number of halogens is 2. The molecule has 1 aromatic heterocycles. The minimum atomic E-state index is -0.362. The van der Waals surface area contributed by atoms with Crippen LogP contribution in [0.1, 0.15) is 11.4 Å². The highest BCUT2D eigenvalue weighted by Gasteiger charge is 2.14. The van der Waals surface area contributed by atoms with Crippen LogP contribution < -0.4 is 0 Å². The smallest absolute Gasteiger partial charge is 0.151 e. The van der Waals surface area contributed by atoms with Crippen LogP contribution in [0.5, 0.6) is 0 Å². The largest absolute Gasteiger partial charge is 0.296 e. The van der Waals surface area contributed by atoms with Gasteiger partial charge in [0.1, 0.15) is 11.3 Å². The number of aromatic nitrogens is 2. The summed E-state index contributed by atoms with van der Waals surface area (Å²) in [6.07, 6.45) is 0.520. The maximum atomic E-state index is 13.9. The standard InChI is InChI=1S/C16H11ClFN3/c17-8-7-15-20-16-13(18)5-2-6-14(16)21(15)12-4-1-3-11(9-12)10-19/h1-6,9H,7-8H2. The lowest BCUT2D eigenvalue weighted by atomic mass is 10.2. The summed E-state index contributed by atoms with van der Waals surface area (Å²) in [6, 6.07) is 14.1. The minimum absolute atomic E-state index is 0.319. The number of benzene rings is 2. The first-order valence-electron chi connectivity index (χ1n) is 6.47. The number of rotatable bonds is 3. The van der Waals surface area contributed by atoms with E-state index in [1.54, 1.807) is 24.3 Å². The molecule has 5 heteroatoms. The van der Waals surface area contributed by atoms with E-state index in [2.05, 4.69) is 11.1 Å². The third kappa shape index (κ3) is 2.37. The van der Waals surface area contributed by atoms with Crippen LogP contribution in [0.2, 0.25) is 0 Å². The highest BCUT2D eigenvalue weighted by atomic mass is 35.5. The molecule has 0 saturated carbocycles. The van der Waals surface area contributed by atoms with Crippen LogP contribution in [-0.2, 0) is 6.42 Å². The third-order valence-corrected chi connectivity index (χ3v) is 3.45. The quantitative estimate of drug-likeness (QED) is 0.690. The van der Waals surface area contributed by atoms with Gasteiger partial charge in [0.25, 0.3) is 0 Å². The number of imidazole rings is 1. The molecule has 0 aliphatic rings. The lowest BCUT2D eigenvalue weighted by molar-refractivity contribution is 0.637. The number of nitrogens with zero attached hydrogens (tertiary/aromatic N) is 3. The average Bonchev–Trinajstić information content (AvgIpc) is 2.87. The van der Waals surface area contributed by atoms with Crippen LogP contribution in [0.15, 0.2) is 42.5 Å². The van der Waals surface area contributed by atoms with Gasteiger partial charge in [0, 0.05) is 18.0 Å². The van der Waals surface area contributed by atoms with E-state index in [0.29, 0.717) is 34.7 Å². The summed E-state index contributed by atoms with van der Waals surface area (Å²) in [4.78, 5) is 4.35. The normalized spacial score (nSPS) is 10.7. The predicted molar refractivity (Wildman–Crippen MR) is 80.2 cm³/mol. The van der Waals surface area contributed by atoms with Gasteiger partial charge in [-0.2, -0.15) is 5.26 Å². The fourth-order valence-corrected chi connectivity index (χ4v) is 2.54. The highest BCUT2D eigenvalue weighted by molar-refractivity contribution is 6.17.